The van der Waals surface area contributed by atoms with Gasteiger partial charge in [0, 0.05) is 0 Å². The summed E-state index contributed by atoms with van der Waals surface area (Å²) < 4.78 is 0. The normalized spacial score (nSPS) is 15.6. The van der Waals surface area contributed by atoms with Gasteiger partial charge in [0.25, 0.3) is 0 Å². The Labute approximate surface area is 78.1 Å². The van der Waals surface area contributed by atoms with E-state index in [1.54, 1.807) is 0 Å². The summed E-state index contributed by atoms with van der Waals surface area (Å²) in [7, 11) is 0. The molecule has 0 aliphatic heterocycles. The molecule has 4 N–H and O–H groups in total. The van der Waals surface area contributed by atoms with E-state index in [1.807, 2.05) is 0 Å². The Morgan fingerprint density at radius 2 is 2.46 bits per heavy atom. The van der Waals surface area contributed by atoms with E-state index in [9.17, 15) is 0 Å². The standard InChI is InChI=1S/C8H17N5/c1-3-4-6(2)7(12-9)8-10-5-11-13-8/h5-7,12H,3-4,9H2,1-2H3,(H,10,11,13). The Hall–Kier alpha value is -0.940. The van der Waals surface area contributed by atoms with Gasteiger partial charge in [-0.15, -0.1) is 0 Å². The van der Waals surface area contributed by atoms with Crippen molar-refractivity contribution < 1.29 is 0 Å². The van der Waals surface area contributed by atoms with Crippen LogP contribution in [0.5, 0.6) is 0 Å². The lowest BCUT2D eigenvalue weighted by Crippen LogP contribution is -2.33. The summed E-state index contributed by atoms with van der Waals surface area (Å²) in [5.41, 5.74) is 2.76. The highest BCUT2D eigenvalue weighted by atomic mass is 15.3. The molecule has 13 heavy (non-hydrogen) atoms. The van der Waals surface area contributed by atoms with E-state index in [1.165, 1.54) is 6.33 Å². The van der Waals surface area contributed by atoms with Crippen molar-refractivity contribution in [1.82, 2.24) is 20.6 Å². The van der Waals surface area contributed by atoms with Gasteiger partial charge in [0.15, 0.2) is 0 Å². The summed E-state index contributed by atoms with van der Waals surface area (Å²) >= 11 is 0. The van der Waals surface area contributed by atoms with Crippen LogP contribution in [0.3, 0.4) is 0 Å². The molecule has 5 nitrogen and oxygen atoms in total. The second-order valence-corrected chi connectivity index (χ2v) is 3.28. The average Bonchev–Trinajstić information content (AvgIpc) is 2.59. The van der Waals surface area contributed by atoms with Crippen molar-refractivity contribution in [2.24, 2.45) is 11.8 Å². The lowest BCUT2D eigenvalue weighted by atomic mass is 9.97. The number of aromatic nitrogens is 3. The molecule has 74 valence electrons. The molecule has 0 saturated carbocycles. The van der Waals surface area contributed by atoms with Crippen molar-refractivity contribution >= 4 is 0 Å². The van der Waals surface area contributed by atoms with Crippen molar-refractivity contribution in [3.63, 3.8) is 0 Å². The monoisotopic (exact) mass is 183 g/mol. The molecule has 2 unspecified atom stereocenters. The van der Waals surface area contributed by atoms with E-state index < -0.39 is 0 Å². The van der Waals surface area contributed by atoms with Crippen LogP contribution in [-0.2, 0) is 0 Å². The minimum Gasteiger partial charge on any atom is -0.271 e. The summed E-state index contributed by atoms with van der Waals surface area (Å²) in [6.07, 6.45) is 3.77. The first-order valence-electron chi connectivity index (χ1n) is 4.61. The molecule has 0 bridgehead atoms. The highest BCUT2D eigenvalue weighted by Crippen LogP contribution is 2.21. The van der Waals surface area contributed by atoms with E-state index in [2.05, 4.69) is 34.5 Å². The molecule has 0 fully saturated rings. The molecule has 1 rings (SSSR count). The predicted molar refractivity (Wildman–Crippen MR) is 50.5 cm³/mol. The Morgan fingerprint density at radius 3 is 2.92 bits per heavy atom. The number of aromatic amines is 1. The van der Waals surface area contributed by atoms with E-state index in [0.717, 1.165) is 18.7 Å². The minimum absolute atomic E-state index is 0.0717. The first-order valence-corrected chi connectivity index (χ1v) is 4.61. The van der Waals surface area contributed by atoms with Gasteiger partial charge in [0.05, 0.1) is 6.04 Å². The molecule has 1 heterocycles. The number of H-pyrrole nitrogens is 1. The van der Waals surface area contributed by atoms with Gasteiger partial charge in [0.2, 0.25) is 0 Å². The summed E-state index contributed by atoms with van der Waals surface area (Å²) in [6, 6.07) is 0.0717. The Kier molecular flexibility index (Phi) is 3.85. The van der Waals surface area contributed by atoms with Crippen LogP contribution in [-0.4, -0.2) is 15.2 Å². The quantitative estimate of drug-likeness (QED) is 0.465. The Bertz CT molecular complexity index is 220. The van der Waals surface area contributed by atoms with Gasteiger partial charge in [-0.2, -0.15) is 5.10 Å². The molecule has 2 atom stereocenters. The minimum atomic E-state index is 0.0717. The number of nitrogens with one attached hydrogen (secondary N) is 2. The first-order chi connectivity index (χ1) is 6.29. The third kappa shape index (κ3) is 2.50. The zero-order chi connectivity index (χ0) is 9.68. The van der Waals surface area contributed by atoms with Crippen LogP contribution in [0.1, 0.15) is 38.6 Å². The molecule has 0 radical (unpaired) electrons. The van der Waals surface area contributed by atoms with E-state index in [-0.39, 0.29) is 6.04 Å². The second kappa shape index (κ2) is 4.94. The summed E-state index contributed by atoms with van der Waals surface area (Å²) in [5.74, 6) is 6.73. The van der Waals surface area contributed by atoms with E-state index >= 15 is 0 Å². The van der Waals surface area contributed by atoms with Gasteiger partial charge >= 0.3 is 0 Å². The maximum atomic E-state index is 5.46. The summed E-state index contributed by atoms with van der Waals surface area (Å²) in [4.78, 5) is 4.08. The maximum absolute atomic E-state index is 5.46. The SMILES string of the molecule is CCCC(C)C(NN)c1ncn[nH]1. The van der Waals surface area contributed by atoms with Crippen molar-refractivity contribution in [2.75, 3.05) is 0 Å². The number of hydrazine groups is 1. The Balaban J connectivity index is 2.62. The van der Waals surface area contributed by atoms with E-state index in [0.29, 0.717) is 5.92 Å². The number of hydrogen-bond donors (Lipinski definition) is 3. The maximum Gasteiger partial charge on any atom is 0.142 e. The highest BCUT2D eigenvalue weighted by Gasteiger charge is 2.19. The van der Waals surface area contributed by atoms with Gasteiger partial charge in [-0.3, -0.25) is 10.9 Å². The molecule has 0 saturated heterocycles. The van der Waals surface area contributed by atoms with Crippen molar-refractivity contribution in [3.8, 4) is 0 Å². The molecule has 1 aromatic rings. The van der Waals surface area contributed by atoms with Gasteiger partial charge in [-0.1, -0.05) is 20.3 Å². The third-order valence-corrected chi connectivity index (χ3v) is 2.22. The average molecular weight is 183 g/mol. The molecular weight excluding hydrogens is 166 g/mol. The van der Waals surface area contributed by atoms with Gasteiger partial charge < -0.3 is 0 Å². The molecule has 0 amide bonds. The van der Waals surface area contributed by atoms with Crippen molar-refractivity contribution in [3.05, 3.63) is 12.2 Å². The van der Waals surface area contributed by atoms with Crippen molar-refractivity contribution in [2.45, 2.75) is 32.7 Å². The molecule has 1 aromatic heterocycles. The smallest absolute Gasteiger partial charge is 0.142 e. The number of nitrogens with two attached hydrogens (primary N) is 1. The lowest BCUT2D eigenvalue weighted by Gasteiger charge is -2.20. The fourth-order valence-corrected chi connectivity index (χ4v) is 1.50. The lowest BCUT2D eigenvalue weighted by molar-refractivity contribution is 0.354. The van der Waals surface area contributed by atoms with Crippen molar-refractivity contribution in [1.29, 1.82) is 0 Å². The van der Waals surface area contributed by atoms with E-state index in [4.69, 9.17) is 5.84 Å². The van der Waals surface area contributed by atoms with Crippen LogP contribution in [0.4, 0.5) is 0 Å². The van der Waals surface area contributed by atoms with Crippen LogP contribution in [0.2, 0.25) is 0 Å². The largest absolute Gasteiger partial charge is 0.271 e. The summed E-state index contributed by atoms with van der Waals surface area (Å²) in [6.45, 7) is 4.31. The molecule has 0 aliphatic carbocycles. The third-order valence-electron chi connectivity index (χ3n) is 2.22. The topological polar surface area (TPSA) is 79.6 Å². The highest BCUT2D eigenvalue weighted by molar-refractivity contribution is 4.92. The van der Waals surface area contributed by atoms with Crippen LogP contribution in [0.25, 0.3) is 0 Å². The van der Waals surface area contributed by atoms with Crippen LogP contribution in [0.15, 0.2) is 6.33 Å². The van der Waals surface area contributed by atoms with Gasteiger partial charge in [-0.05, 0) is 12.3 Å². The van der Waals surface area contributed by atoms with Crippen LogP contribution >= 0.6 is 0 Å². The fourth-order valence-electron chi connectivity index (χ4n) is 1.50. The summed E-state index contributed by atoms with van der Waals surface area (Å²) in [5, 5.41) is 6.63. The molecule has 0 spiro atoms. The van der Waals surface area contributed by atoms with Gasteiger partial charge in [0.1, 0.15) is 12.2 Å². The predicted octanol–water partition coefficient (Wildman–Crippen LogP) is 0.745. The van der Waals surface area contributed by atoms with Gasteiger partial charge in [-0.25, -0.2) is 10.4 Å². The second-order valence-electron chi connectivity index (χ2n) is 3.28. The molecular formula is C8H17N5. The zero-order valence-corrected chi connectivity index (χ0v) is 8.12. The number of hydrogen-bond acceptors (Lipinski definition) is 4. The fraction of sp³-hybridized carbons (Fsp3) is 0.750. The Morgan fingerprint density at radius 1 is 1.69 bits per heavy atom. The molecule has 0 aliphatic rings. The zero-order valence-electron chi connectivity index (χ0n) is 8.12. The van der Waals surface area contributed by atoms with Crippen LogP contribution < -0.4 is 11.3 Å². The number of rotatable bonds is 5. The first kappa shape index (κ1) is 10.1. The molecule has 0 aromatic carbocycles. The molecule has 5 heteroatoms. The number of nitrogens with zero attached hydrogens (tertiary/aromatic N) is 2. The van der Waals surface area contributed by atoms with Crippen LogP contribution in [0, 0.1) is 5.92 Å².